The van der Waals surface area contributed by atoms with E-state index < -0.39 is 0 Å². The van der Waals surface area contributed by atoms with E-state index in [1.54, 1.807) is 0 Å². The molecule has 0 aromatic rings. The van der Waals surface area contributed by atoms with Crippen LogP contribution in [0.2, 0.25) is 0 Å². The molecule has 0 bridgehead atoms. The lowest BCUT2D eigenvalue weighted by molar-refractivity contribution is 0.113. The highest BCUT2D eigenvalue weighted by Crippen LogP contribution is 2.34. The minimum atomic E-state index is -0.146. The largest absolute Gasteiger partial charge is 0.393 e. The molecule has 0 amide bonds. The fourth-order valence-electron chi connectivity index (χ4n) is 2.37. The first-order chi connectivity index (χ1) is 7.41. The van der Waals surface area contributed by atoms with Crippen LogP contribution in [0.25, 0.3) is 0 Å². The predicted molar refractivity (Wildman–Crippen MR) is 69.5 cm³/mol. The van der Waals surface area contributed by atoms with Crippen LogP contribution in [-0.2, 0) is 0 Å². The predicted octanol–water partition coefficient (Wildman–Crippen LogP) is 2.95. The van der Waals surface area contributed by atoms with Crippen LogP contribution in [0.3, 0.4) is 0 Å². The zero-order valence-corrected chi connectivity index (χ0v) is 11.4. The van der Waals surface area contributed by atoms with E-state index in [-0.39, 0.29) is 6.10 Å². The van der Waals surface area contributed by atoms with Crippen molar-refractivity contribution in [1.29, 1.82) is 0 Å². The Hall–Kier alpha value is -0.0800. The second-order valence-electron chi connectivity index (χ2n) is 6.49. The number of hydrogen-bond donors (Lipinski definition) is 2. The highest BCUT2D eigenvalue weighted by molar-refractivity contribution is 4.82. The fourth-order valence-corrected chi connectivity index (χ4v) is 2.37. The molecule has 0 spiro atoms. The molecule has 1 fully saturated rings. The molecule has 2 nitrogen and oxygen atoms in total. The third-order valence-corrected chi connectivity index (χ3v) is 3.98. The smallest absolute Gasteiger partial charge is 0.0575 e. The summed E-state index contributed by atoms with van der Waals surface area (Å²) in [6.07, 6.45) is 5.99. The maximum Gasteiger partial charge on any atom is 0.0575 e. The van der Waals surface area contributed by atoms with Crippen LogP contribution in [0.1, 0.15) is 59.8 Å². The van der Waals surface area contributed by atoms with Gasteiger partial charge in [-0.25, -0.2) is 0 Å². The summed E-state index contributed by atoms with van der Waals surface area (Å²) in [6.45, 7) is 9.85. The summed E-state index contributed by atoms with van der Waals surface area (Å²) in [7, 11) is 0. The monoisotopic (exact) mass is 227 g/mol. The summed E-state index contributed by atoms with van der Waals surface area (Å²) >= 11 is 0. The van der Waals surface area contributed by atoms with Crippen molar-refractivity contribution in [2.45, 2.75) is 71.9 Å². The Balaban J connectivity index is 2.11. The van der Waals surface area contributed by atoms with E-state index in [9.17, 15) is 5.11 Å². The fraction of sp³-hybridized carbons (Fsp3) is 1.00. The van der Waals surface area contributed by atoms with Crippen molar-refractivity contribution in [1.82, 2.24) is 5.32 Å². The van der Waals surface area contributed by atoms with Gasteiger partial charge in [0.15, 0.2) is 0 Å². The molecule has 1 aliphatic rings. The maximum absolute atomic E-state index is 9.70. The second-order valence-corrected chi connectivity index (χ2v) is 6.49. The van der Waals surface area contributed by atoms with Crippen molar-refractivity contribution in [3.63, 3.8) is 0 Å². The van der Waals surface area contributed by atoms with Gasteiger partial charge >= 0.3 is 0 Å². The van der Waals surface area contributed by atoms with Gasteiger partial charge in [0, 0.05) is 6.04 Å². The summed E-state index contributed by atoms with van der Waals surface area (Å²) in [5, 5.41) is 13.3. The Morgan fingerprint density at radius 2 is 1.81 bits per heavy atom. The minimum absolute atomic E-state index is 0.146. The lowest BCUT2D eigenvalue weighted by Crippen LogP contribution is -2.37. The van der Waals surface area contributed by atoms with Gasteiger partial charge in [0.1, 0.15) is 0 Å². The average Bonchev–Trinajstić information content (AvgIpc) is 2.20. The quantitative estimate of drug-likeness (QED) is 0.757. The Kier molecular flexibility index (Phi) is 5.26. The number of aliphatic hydroxyl groups excluding tert-OH is 1. The molecule has 1 unspecified atom stereocenters. The molecule has 0 heterocycles. The van der Waals surface area contributed by atoms with Gasteiger partial charge in [-0.3, -0.25) is 0 Å². The van der Waals surface area contributed by atoms with Crippen LogP contribution in [0, 0.1) is 11.3 Å². The molecule has 16 heavy (non-hydrogen) atoms. The topological polar surface area (TPSA) is 32.3 Å². The Morgan fingerprint density at radius 3 is 2.31 bits per heavy atom. The average molecular weight is 227 g/mol. The van der Waals surface area contributed by atoms with Crippen LogP contribution in [0.4, 0.5) is 0 Å². The molecule has 0 aliphatic heterocycles. The number of nitrogens with one attached hydrogen (secondary N) is 1. The molecule has 0 aromatic heterocycles. The molecule has 0 radical (unpaired) electrons. The van der Waals surface area contributed by atoms with Crippen LogP contribution >= 0.6 is 0 Å². The van der Waals surface area contributed by atoms with Crippen LogP contribution in [-0.4, -0.2) is 23.8 Å². The SMILES string of the molecule is CC(C)C(O)CCNC1CCC(C)(C)CC1. The van der Waals surface area contributed by atoms with Gasteiger partial charge < -0.3 is 10.4 Å². The molecule has 2 heteroatoms. The molecule has 0 aromatic carbocycles. The lowest BCUT2D eigenvalue weighted by atomic mass is 9.75. The summed E-state index contributed by atoms with van der Waals surface area (Å²) in [4.78, 5) is 0. The molecule has 2 N–H and O–H groups in total. The van der Waals surface area contributed by atoms with E-state index in [2.05, 4.69) is 33.0 Å². The van der Waals surface area contributed by atoms with Gasteiger partial charge in [-0.1, -0.05) is 27.7 Å². The van der Waals surface area contributed by atoms with Crippen molar-refractivity contribution >= 4 is 0 Å². The maximum atomic E-state index is 9.70. The Labute approximate surface area is 101 Å². The van der Waals surface area contributed by atoms with E-state index in [1.807, 2.05) is 0 Å². The van der Waals surface area contributed by atoms with Crippen LogP contribution in [0.5, 0.6) is 0 Å². The Morgan fingerprint density at radius 1 is 1.25 bits per heavy atom. The highest BCUT2D eigenvalue weighted by Gasteiger charge is 2.26. The van der Waals surface area contributed by atoms with Crippen molar-refractivity contribution in [2.24, 2.45) is 11.3 Å². The molecule has 96 valence electrons. The second kappa shape index (κ2) is 6.02. The van der Waals surface area contributed by atoms with Gasteiger partial charge in [0.25, 0.3) is 0 Å². The third-order valence-electron chi connectivity index (χ3n) is 3.98. The summed E-state index contributed by atoms with van der Waals surface area (Å²) in [5.41, 5.74) is 0.551. The van der Waals surface area contributed by atoms with Gasteiger partial charge in [-0.2, -0.15) is 0 Å². The standard InChI is InChI=1S/C14H29NO/c1-11(2)13(16)7-10-15-12-5-8-14(3,4)9-6-12/h11-13,15-16H,5-10H2,1-4H3. The molecule has 1 saturated carbocycles. The van der Waals surface area contributed by atoms with E-state index in [0.717, 1.165) is 13.0 Å². The lowest BCUT2D eigenvalue weighted by Gasteiger charge is -2.35. The van der Waals surface area contributed by atoms with Crippen molar-refractivity contribution in [3.8, 4) is 0 Å². The van der Waals surface area contributed by atoms with E-state index in [0.29, 0.717) is 17.4 Å². The first-order valence-electron chi connectivity index (χ1n) is 6.82. The molecule has 1 atom stereocenters. The summed E-state index contributed by atoms with van der Waals surface area (Å²) in [5.74, 6) is 0.382. The molecule has 0 saturated heterocycles. The number of hydrogen-bond acceptors (Lipinski definition) is 2. The third kappa shape index (κ3) is 4.84. The Bertz CT molecular complexity index is 191. The number of rotatable bonds is 5. The zero-order valence-electron chi connectivity index (χ0n) is 11.4. The van der Waals surface area contributed by atoms with E-state index in [1.165, 1.54) is 25.7 Å². The van der Waals surface area contributed by atoms with Gasteiger partial charge in [0.05, 0.1) is 6.10 Å². The molecular formula is C14H29NO. The minimum Gasteiger partial charge on any atom is -0.393 e. The first-order valence-corrected chi connectivity index (χ1v) is 6.82. The number of aliphatic hydroxyl groups is 1. The molecule has 1 aliphatic carbocycles. The summed E-state index contributed by atoms with van der Waals surface area (Å²) in [6, 6.07) is 0.687. The van der Waals surface area contributed by atoms with E-state index >= 15 is 0 Å². The van der Waals surface area contributed by atoms with Gasteiger partial charge in [-0.05, 0) is 50.0 Å². The van der Waals surface area contributed by atoms with Crippen molar-refractivity contribution < 1.29 is 5.11 Å². The summed E-state index contributed by atoms with van der Waals surface area (Å²) < 4.78 is 0. The normalized spacial score (nSPS) is 23.6. The van der Waals surface area contributed by atoms with Gasteiger partial charge in [0.2, 0.25) is 0 Å². The molecular weight excluding hydrogens is 198 g/mol. The van der Waals surface area contributed by atoms with Crippen molar-refractivity contribution in [3.05, 3.63) is 0 Å². The van der Waals surface area contributed by atoms with Gasteiger partial charge in [-0.15, -0.1) is 0 Å². The highest BCUT2D eigenvalue weighted by atomic mass is 16.3. The van der Waals surface area contributed by atoms with Crippen LogP contribution in [0.15, 0.2) is 0 Å². The van der Waals surface area contributed by atoms with E-state index in [4.69, 9.17) is 0 Å². The van der Waals surface area contributed by atoms with Crippen molar-refractivity contribution in [2.75, 3.05) is 6.54 Å². The zero-order chi connectivity index (χ0) is 12.2. The molecule has 1 rings (SSSR count). The van der Waals surface area contributed by atoms with Crippen LogP contribution < -0.4 is 5.32 Å². The first kappa shape index (κ1) is 14.0.